The van der Waals surface area contributed by atoms with E-state index < -0.39 is 0 Å². The Morgan fingerprint density at radius 3 is 3.00 bits per heavy atom. The molecule has 0 saturated carbocycles. The van der Waals surface area contributed by atoms with Gasteiger partial charge in [-0.2, -0.15) is 0 Å². The van der Waals surface area contributed by atoms with Crippen molar-refractivity contribution in [3.8, 4) is 0 Å². The summed E-state index contributed by atoms with van der Waals surface area (Å²) in [5.74, 6) is -0.304. The third-order valence-electron chi connectivity index (χ3n) is 1.39. The number of carbonyl (C=O) groups is 1. The normalized spacial score (nSPS) is 23.2. The van der Waals surface area contributed by atoms with Crippen LogP contribution in [0.5, 0.6) is 0 Å². The van der Waals surface area contributed by atoms with Crippen molar-refractivity contribution in [2.45, 2.75) is 5.44 Å². The molecule has 68 valence electrons. The van der Waals surface area contributed by atoms with Crippen molar-refractivity contribution >= 4 is 29.5 Å². The SMILES string of the molecule is COC(=O)C1=CSCS[C@H]1OC. The van der Waals surface area contributed by atoms with E-state index in [4.69, 9.17) is 4.74 Å². The fourth-order valence-electron chi connectivity index (χ4n) is 0.827. The average molecular weight is 206 g/mol. The summed E-state index contributed by atoms with van der Waals surface area (Å²) in [7, 11) is 2.96. The summed E-state index contributed by atoms with van der Waals surface area (Å²) in [6.07, 6.45) is 0. The zero-order valence-corrected chi connectivity index (χ0v) is 8.54. The molecule has 0 spiro atoms. The minimum absolute atomic E-state index is 0.168. The molecule has 1 aliphatic rings. The molecule has 0 bridgehead atoms. The lowest BCUT2D eigenvalue weighted by Gasteiger charge is -2.19. The first kappa shape index (κ1) is 9.95. The number of rotatable bonds is 2. The van der Waals surface area contributed by atoms with E-state index in [1.54, 1.807) is 36.0 Å². The van der Waals surface area contributed by atoms with Crippen molar-refractivity contribution in [3.05, 3.63) is 11.0 Å². The summed E-state index contributed by atoms with van der Waals surface area (Å²) in [6.45, 7) is 0. The molecule has 1 atom stereocenters. The summed E-state index contributed by atoms with van der Waals surface area (Å²) in [5.41, 5.74) is 0.431. The van der Waals surface area contributed by atoms with Crippen LogP contribution in [0.3, 0.4) is 0 Å². The molecule has 0 aromatic heterocycles. The van der Waals surface area contributed by atoms with Crippen LogP contribution >= 0.6 is 23.5 Å². The second-order valence-electron chi connectivity index (χ2n) is 2.08. The first-order valence-electron chi connectivity index (χ1n) is 3.34. The summed E-state index contributed by atoms with van der Waals surface area (Å²) >= 11 is 3.17. The third-order valence-corrected chi connectivity index (χ3v) is 3.65. The molecular formula is C7H10O3S2. The molecule has 5 heteroatoms. The zero-order valence-electron chi connectivity index (χ0n) is 6.90. The van der Waals surface area contributed by atoms with Gasteiger partial charge in [-0.15, -0.1) is 23.5 Å². The van der Waals surface area contributed by atoms with Gasteiger partial charge < -0.3 is 9.47 Å². The fourth-order valence-corrected chi connectivity index (χ4v) is 2.87. The minimum atomic E-state index is -0.304. The molecule has 1 rings (SSSR count). The predicted molar refractivity (Wildman–Crippen MR) is 50.9 cm³/mol. The molecule has 0 radical (unpaired) electrons. The smallest absolute Gasteiger partial charge is 0.337 e. The van der Waals surface area contributed by atoms with Crippen LogP contribution in [-0.2, 0) is 14.3 Å². The first-order valence-corrected chi connectivity index (χ1v) is 5.43. The summed E-state index contributed by atoms with van der Waals surface area (Å²) < 4.78 is 9.72. The van der Waals surface area contributed by atoms with E-state index in [9.17, 15) is 4.79 Å². The van der Waals surface area contributed by atoms with Crippen LogP contribution in [0.4, 0.5) is 0 Å². The zero-order chi connectivity index (χ0) is 8.97. The van der Waals surface area contributed by atoms with Crippen molar-refractivity contribution < 1.29 is 14.3 Å². The Labute approximate surface area is 79.9 Å². The van der Waals surface area contributed by atoms with Crippen LogP contribution in [0.25, 0.3) is 0 Å². The number of ether oxygens (including phenoxy) is 2. The van der Waals surface area contributed by atoms with E-state index in [0.717, 1.165) is 5.08 Å². The van der Waals surface area contributed by atoms with E-state index in [0.29, 0.717) is 5.57 Å². The molecule has 0 aromatic rings. The highest BCUT2D eigenvalue weighted by molar-refractivity contribution is 8.18. The Hall–Kier alpha value is -0.130. The van der Waals surface area contributed by atoms with E-state index in [-0.39, 0.29) is 11.4 Å². The molecule has 1 aliphatic heterocycles. The van der Waals surface area contributed by atoms with Crippen LogP contribution in [0.2, 0.25) is 0 Å². The van der Waals surface area contributed by atoms with Gasteiger partial charge in [0.25, 0.3) is 0 Å². The minimum Gasteiger partial charge on any atom is -0.466 e. The molecule has 0 fully saturated rings. The van der Waals surface area contributed by atoms with Crippen LogP contribution in [0.15, 0.2) is 11.0 Å². The van der Waals surface area contributed by atoms with Gasteiger partial charge in [0, 0.05) is 12.2 Å². The lowest BCUT2D eigenvalue weighted by Crippen LogP contribution is -2.20. The molecule has 12 heavy (non-hydrogen) atoms. The summed E-state index contributed by atoms with van der Waals surface area (Å²) in [5, 5.41) is 2.72. The van der Waals surface area contributed by atoms with Gasteiger partial charge in [0.2, 0.25) is 0 Å². The maximum absolute atomic E-state index is 11.1. The van der Waals surface area contributed by atoms with Crippen LogP contribution < -0.4 is 0 Å². The highest BCUT2D eigenvalue weighted by atomic mass is 32.2. The molecule has 1 heterocycles. The summed E-state index contributed by atoms with van der Waals surface area (Å²) in [6, 6.07) is 0. The van der Waals surface area contributed by atoms with E-state index in [2.05, 4.69) is 4.74 Å². The molecule has 0 aliphatic carbocycles. The van der Waals surface area contributed by atoms with Gasteiger partial charge in [-0.05, 0) is 5.41 Å². The number of esters is 1. The summed E-state index contributed by atoms with van der Waals surface area (Å²) in [4.78, 5) is 11.1. The van der Waals surface area contributed by atoms with Crippen molar-refractivity contribution in [1.29, 1.82) is 0 Å². The quantitative estimate of drug-likeness (QED) is 0.639. The molecule has 0 unspecified atom stereocenters. The largest absolute Gasteiger partial charge is 0.466 e. The molecule has 0 N–H and O–H groups in total. The molecular weight excluding hydrogens is 196 g/mol. The van der Waals surface area contributed by atoms with Crippen molar-refractivity contribution in [3.63, 3.8) is 0 Å². The number of thioether (sulfide) groups is 2. The van der Waals surface area contributed by atoms with Gasteiger partial charge in [-0.3, -0.25) is 0 Å². The Morgan fingerprint density at radius 2 is 2.42 bits per heavy atom. The average Bonchev–Trinajstić information content (AvgIpc) is 2.16. The van der Waals surface area contributed by atoms with E-state index >= 15 is 0 Å². The van der Waals surface area contributed by atoms with Crippen molar-refractivity contribution in [1.82, 2.24) is 0 Å². The highest BCUT2D eigenvalue weighted by Crippen LogP contribution is 2.32. The van der Waals surface area contributed by atoms with Crippen LogP contribution in [0.1, 0.15) is 0 Å². The maximum Gasteiger partial charge on any atom is 0.337 e. The third kappa shape index (κ3) is 2.18. The molecule has 0 aromatic carbocycles. The maximum atomic E-state index is 11.1. The Bertz CT molecular complexity index is 203. The van der Waals surface area contributed by atoms with Crippen LogP contribution in [0, 0.1) is 0 Å². The predicted octanol–water partition coefficient (Wildman–Crippen LogP) is 1.45. The number of methoxy groups -OCH3 is 2. The Balaban J connectivity index is 2.70. The van der Waals surface area contributed by atoms with Gasteiger partial charge in [-0.25, -0.2) is 4.79 Å². The van der Waals surface area contributed by atoms with Gasteiger partial charge in [-0.1, -0.05) is 0 Å². The number of hydrogen-bond donors (Lipinski definition) is 0. The van der Waals surface area contributed by atoms with Crippen molar-refractivity contribution in [2.24, 2.45) is 0 Å². The Morgan fingerprint density at radius 1 is 1.67 bits per heavy atom. The fraction of sp³-hybridized carbons (Fsp3) is 0.571. The standard InChI is InChI=1S/C7H10O3S2/c1-9-6(8)5-3-11-4-12-7(5)10-2/h3,7H,4H2,1-2H3/t7-/m1/s1. The number of hydrogen-bond acceptors (Lipinski definition) is 5. The van der Waals surface area contributed by atoms with Gasteiger partial charge in [0.15, 0.2) is 0 Å². The molecule has 3 nitrogen and oxygen atoms in total. The topological polar surface area (TPSA) is 35.5 Å². The second kappa shape index (κ2) is 4.79. The monoisotopic (exact) mass is 206 g/mol. The highest BCUT2D eigenvalue weighted by Gasteiger charge is 2.24. The lowest BCUT2D eigenvalue weighted by atomic mass is 10.3. The van der Waals surface area contributed by atoms with Gasteiger partial charge in [0.05, 0.1) is 12.7 Å². The van der Waals surface area contributed by atoms with E-state index in [1.165, 1.54) is 7.11 Å². The number of carbonyl (C=O) groups excluding carboxylic acids is 1. The molecule has 0 saturated heterocycles. The molecule has 0 amide bonds. The first-order chi connectivity index (χ1) is 5.79. The van der Waals surface area contributed by atoms with E-state index in [1.807, 2.05) is 0 Å². The van der Waals surface area contributed by atoms with Crippen molar-refractivity contribution in [2.75, 3.05) is 19.3 Å². The van der Waals surface area contributed by atoms with Gasteiger partial charge in [0.1, 0.15) is 5.44 Å². The Kier molecular flexibility index (Phi) is 3.97. The van der Waals surface area contributed by atoms with Crippen LogP contribution in [-0.4, -0.2) is 30.7 Å². The second-order valence-corrected chi connectivity index (χ2v) is 4.36. The lowest BCUT2D eigenvalue weighted by molar-refractivity contribution is -0.136. The van der Waals surface area contributed by atoms with Gasteiger partial charge >= 0.3 is 5.97 Å².